The van der Waals surface area contributed by atoms with Gasteiger partial charge in [0.15, 0.2) is 34.9 Å². The molecule has 0 spiro atoms. The molecular weight excluding hydrogens is 2020 g/mol. The maximum Gasteiger partial charge on any atom is 0.303 e. The molecule has 5 saturated carbocycles. The van der Waals surface area contributed by atoms with Gasteiger partial charge >= 0.3 is 5.97 Å². The van der Waals surface area contributed by atoms with Gasteiger partial charge in [-0.15, -0.1) is 58.8 Å². The zero-order valence-electron chi connectivity index (χ0n) is 73.0. The van der Waals surface area contributed by atoms with Crippen molar-refractivity contribution in [2.75, 3.05) is 32.8 Å². The van der Waals surface area contributed by atoms with Crippen molar-refractivity contribution in [1.29, 1.82) is 0 Å². The predicted octanol–water partition coefficient (Wildman–Crippen LogP) is 25.3. The summed E-state index contributed by atoms with van der Waals surface area (Å²) in [5.74, 6) is -17.4. The fourth-order valence-corrected chi connectivity index (χ4v) is 22.6. The number of amides is 6. The number of rotatable bonds is 24. The van der Waals surface area contributed by atoms with Crippen molar-refractivity contribution in [3.63, 3.8) is 0 Å². The van der Waals surface area contributed by atoms with Crippen LogP contribution in [0.25, 0.3) is 0 Å². The maximum absolute atomic E-state index is 14.3. The van der Waals surface area contributed by atoms with Crippen molar-refractivity contribution in [2.45, 2.75) is 179 Å². The molecule has 0 aromatic heterocycles. The van der Waals surface area contributed by atoms with Gasteiger partial charge in [-0.2, -0.15) is 0 Å². The molecule has 10 aromatic rings. The average molecular weight is 2110 g/mol. The van der Waals surface area contributed by atoms with Crippen LogP contribution in [0.1, 0.15) is 174 Å². The first-order chi connectivity index (χ1) is 65.9. The number of thioether (sulfide) groups is 5. The van der Waals surface area contributed by atoms with E-state index in [-0.39, 0.29) is 115 Å². The van der Waals surface area contributed by atoms with Gasteiger partial charge in [-0.25, -0.2) is 69.9 Å². The van der Waals surface area contributed by atoms with Crippen LogP contribution in [-0.4, -0.2) is 110 Å². The predicted molar refractivity (Wildman–Crippen MR) is 508 cm³/mol. The lowest BCUT2D eigenvalue weighted by Crippen LogP contribution is -2.36. The molecule has 5 aliphatic carbocycles. The van der Waals surface area contributed by atoms with Gasteiger partial charge in [0, 0.05) is 169 Å². The smallest absolute Gasteiger partial charge is 0.303 e. The van der Waals surface area contributed by atoms with Crippen LogP contribution < -0.4 is 31.3 Å². The number of aliphatic hydroxyl groups is 1. The van der Waals surface area contributed by atoms with Gasteiger partial charge in [0.1, 0.15) is 58.1 Å². The lowest BCUT2D eigenvalue weighted by atomic mass is 9.88. The molecule has 5 fully saturated rings. The Bertz CT molecular complexity index is 6360. The highest BCUT2D eigenvalue weighted by Gasteiger charge is 2.33. The fraction of sp³-hybridized carbons (Fsp3) is 0.289. The molecule has 0 saturated heterocycles. The molecule has 10 aromatic carbocycles. The number of carbonyl (C=O) groups excluding carboxylic acids is 8. The number of carbonyl (C=O) groups is 9. The van der Waals surface area contributed by atoms with E-state index < -0.39 is 139 Å². The molecule has 5 unspecified atom stereocenters. The van der Waals surface area contributed by atoms with Crippen LogP contribution in [0.4, 0.5) is 89.9 Å². The van der Waals surface area contributed by atoms with Crippen molar-refractivity contribution in [3.8, 4) is 0 Å². The second kappa shape index (κ2) is 50.7. The number of hydrogen-bond acceptors (Lipinski definition) is 17. The Morgan fingerprint density at radius 1 is 0.345 bits per heavy atom. The van der Waals surface area contributed by atoms with Crippen LogP contribution in [0.3, 0.4) is 0 Å². The first-order valence-corrected chi connectivity index (χ1v) is 50.3. The molecule has 0 bridgehead atoms. The van der Waals surface area contributed by atoms with Gasteiger partial charge in [0.2, 0.25) is 15.9 Å². The molecule has 0 radical (unpaired) electrons. The van der Waals surface area contributed by atoms with E-state index in [2.05, 4.69) is 26.6 Å². The minimum absolute atomic E-state index is 0.0277. The lowest BCUT2D eigenvalue weighted by molar-refractivity contribution is -0.138. The quantitative estimate of drug-likeness (QED) is 0.0206. The number of carboxylic acids is 1. The van der Waals surface area contributed by atoms with Crippen LogP contribution in [-0.2, 0) is 29.2 Å². The summed E-state index contributed by atoms with van der Waals surface area (Å²) in [5.41, 5.74) is 1.43. The normalized spacial score (nSPS) is 18.3. The van der Waals surface area contributed by atoms with E-state index in [1.807, 2.05) is 4.72 Å². The Labute approximate surface area is 824 Å². The molecule has 19 nitrogen and oxygen atoms in total. The van der Waals surface area contributed by atoms with E-state index in [1.165, 1.54) is 174 Å². The number of carboxylic acid groups (broad SMARTS) is 1. The van der Waals surface area contributed by atoms with Crippen molar-refractivity contribution in [1.82, 2.24) is 4.72 Å². The molecular formula is C97H85Cl3F14N6O13S6. The third kappa shape index (κ3) is 33.0. The first kappa shape index (κ1) is 109. The molecule has 6 atom stereocenters. The maximum atomic E-state index is 14.3. The third-order valence-electron chi connectivity index (χ3n) is 22.0. The highest BCUT2D eigenvalue weighted by Crippen LogP contribution is 2.44. The minimum Gasteiger partial charge on any atom is -0.481 e. The van der Waals surface area contributed by atoms with E-state index >= 15 is 0 Å². The highest BCUT2D eigenvalue weighted by molar-refractivity contribution is 8.01. The Balaban J connectivity index is 0.000000167. The zero-order valence-corrected chi connectivity index (χ0v) is 80.1. The van der Waals surface area contributed by atoms with Crippen molar-refractivity contribution in [3.05, 3.63) is 294 Å². The summed E-state index contributed by atoms with van der Waals surface area (Å²) in [6.45, 7) is 0. The summed E-state index contributed by atoms with van der Waals surface area (Å²) in [6.07, 6.45) is 12.2. The topological polar surface area (TPSA) is 300 Å². The van der Waals surface area contributed by atoms with E-state index in [4.69, 9.17) is 39.9 Å². The van der Waals surface area contributed by atoms with E-state index in [0.29, 0.717) is 132 Å². The monoisotopic (exact) mass is 2100 g/mol. The van der Waals surface area contributed by atoms with E-state index in [1.54, 1.807) is 0 Å². The standard InChI is InChI=1S/C21H20F4N2O4S2.C20H17F4NO3S.C19H18ClF2NO2S.C19H16ClF2NO2S.C18H14ClF2NO2S/c1-33(30,31)27-21(29)11-2-5-14(6-3-11)32-18-8-12(4-7-15(18)22)20(28)26-13-9-16(23)19(25)17(24)10-13;21-14-4-2-11(20(28)25-12-8-15(22)19(24)16(23)9-12)7-17(14)29-13-3-1-10(5-13)6-18(26)27;2*20-15-9-12(5-7-16(15)21)23-19(25)11-4-6-17(22)18(8-11)26-14-3-1-2-13(24)10-14;19-14-8-11(2-6-15(14)20)22-18(24)10-1-5-16(21)17(7-10)25-13-4-3-12(23)9-13/h4,7-11,14H,2-3,5-6H2,1H3,(H,26,28)(H,27,29);2,4,7-10,13H,1,3,5-6H2,(H,25,28)(H,26,27);4-9,13-14,24H,1-3,10H2,(H,23,25);4-9,14H,1-3,10H2,(H,23,25);1-2,5-8,13H,3-4,9H2,(H,22,24)/t;;13-,14?;;/m..0../s1. The number of Topliss-reactive ketones (excluding diaryl/α,β-unsaturated/α-hetero) is 2. The molecule has 0 aliphatic heterocycles. The van der Waals surface area contributed by atoms with Crippen LogP contribution in [0, 0.1) is 93.3 Å². The Morgan fingerprint density at radius 2 is 0.655 bits per heavy atom. The number of sulfonamides is 1. The van der Waals surface area contributed by atoms with E-state index in [9.17, 15) is 118 Å². The molecule has 736 valence electrons. The number of aliphatic hydroxyl groups excluding tert-OH is 1. The van der Waals surface area contributed by atoms with Gasteiger partial charge in [0.05, 0.1) is 27.4 Å². The summed E-state index contributed by atoms with van der Waals surface area (Å²) in [5, 5.41) is 30.9. The van der Waals surface area contributed by atoms with Crippen molar-refractivity contribution >= 4 is 185 Å². The third-order valence-corrected chi connectivity index (χ3v) is 30.0. The number of anilines is 5. The highest BCUT2D eigenvalue weighted by atomic mass is 35.5. The zero-order chi connectivity index (χ0) is 101. The fourth-order valence-electron chi connectivity index (χ4n) is 15.0. The summed E-state index contributed by atoms with van der Waals surface area (Å²) < 4.78 is 214. The Morgan fingerprint density at radius 3 is 0.986 bits per heavy atom. The molecule has 6 amide bonds. The van der Waals surface area contributed by atoms with Gasteiger partial charge in [-0.05, 0) is 241 Å². The molecule has 139 heavy (non-hydrogen) atoms. The van der Waals surface area contributed by atoms with Gasteiger partial charge in [0.25, 0.3) is 29.5 Å². The summed E-state index contributed by atoms with van der Waals surface area (Å²) in [4.78, 5) is 109. The molecule has 8 N–H and O–H groups in total. The number of ketones is 2. The summed E-state index contributed by atoms with van der Waals surface area (Å²) in [6, 6.07) is 33.7. The molecule has 0 heterocycles. The Hall–Kier alpha value is -10.6. The lowest BCUT2D eigenvalue weighted by Gasteiger charge is -2.27. The van der Waals surface area contributed by atoms with Crippen LogP contribution >= 0.6 is 93.6 Å². The number of halogens is 17. The molecule has 15 rings (SSSR count). The van der Waals surface area contributed by atoms with Gasteiger partial charge < -0.3 is 36.8 Å². The minimum atomic E-state index is -3.64. The van der Waals surface area contributed by atoms with Gasteiger partial charge in [-0.3, -0.25) is 47.9 Å². The number of nitrogens with one attached hydrogen (secondary N) is 6. The van der Waals surface area contributed by atoms with E-state index in [0.717, 1.165) is 81.5 Å². The number of benzene rings is 10. The Kier molecular flexibility index (Phi) is 39.7. The SMILES string of the molecule is CS(=O)(=O)NC(=O)C1CCC(Sc2cc(C(=O)Nc3cc(F)c(F)c(F)c3)ccc2F)CC1.O=C(Nc1ccc(F)c(Cl)c1)c1ccc(F)c(SC2CCC[C@H](O)C2)c1.O=C(O)CC1CCC(Sc2cc(C(=O)Nc3cc(F)c(F)c(F)c3)ccc2F)C1.O=C1CCC(Sc2cc(C(=O)Nc3ccc(F)c(Cl)c3)ccc2F)C1.O=C1CCCC(Sc2cc(C(=O)Nc3ccc(F)c(Cl)c3)ccc2F)C1. The van der Waals surface area contributed by atoms with Crippen molar-refractivity contribution < 1.29 is 123 Å². The largest absolute Gasteiger partial charge is 0.481 e. The van der Waals surface area contributed by atoms with Crippen LogP contribution in [0.2, 0.25) is 15.1 Å². The molecule has 5 aliphatic rings. The molecule has 42 heteroatoms. The number of aliphatic carboxylic acids is 1. The summed E-state index contributed by atoms with van der Waals surface area (Å²) >= 11 is 23.4. The number of hydrogen-bond donors (Lipinski definition) is 8. The summed E-state index contributed by atoms with van der Waals surface area (Å²) in [7, 11) is -3.64. The van der Waals surface area contributed by atoms with Gasteiger partial charge in [-0.1, -0.05) is 34.8 Å². The second-order valence-corrected chi connectivity index (χ2v) is 42.4. The first-order valence-electron chi connectivity index (χ1n) is 42.9. The van der Waals surface area contributed by atoms with Crippen LogP contribution in [0.5, 0.6) is 0 Å². The second-order valence-electron chi connectivity index (χ2n) is 32.7. The average Bonchev–Trinajstić information content (AvgIpc) is 1.08. The van der Waals surface area contributed by atoms with Crippen LogP contribution in [0.15, 0.2) is 194 Å². The van der Waals surface area contributed by atoms with Crippen molar-refractivity contribution in [2.24, 2.45) is 11.8 Å².